The van der Waals surface area contributed by atoms with Crippen molar-refractivity contribution in [3.63, 3.8) is 0 Å². The van der Waals surface area contributed by atoms with Gasteiger partial charge in [0.15, 0.2) is 0 Å². The van der Waals surface area contributed by atoms with Gasteiger partial charge in [0.2, 0.25) is 5.91 Å². The van der Waals surface area contributed by atoms with E-state index in [9.17, 15) is 4.79 Å². The first-order valence-corrected chi connectivity index (χ1v) is 5.31. The van der Waals surface area contributed by atoms with Gasteiger partial charge in [0.1, 0.15) is 0 Å². The molecule has 0 atom stereocenters. The molecule has 0 radical (unpaired) electrons. The zero-order valence-electron chi connectivity index (χ0n) is 9.10. The highest BCUT2D eigenvalue weighted by Crippen LogP contribution is 2.02. The highest BCUT2D eigenvalue weighted by molar-refractivity contribution is 5.76. The van der Waals surface area contributed by atoms with Crippen molar-refractivity contribution >= 4 is 5.91 Å². The fraction of sp³-hybridized carbons (Fsp3) is 0.417. The van der Waals surface area contributed by atoms with Crippen LogP contribution in [0.1, 0.15) is 12.0 Å². The minimum atomic E-state index is -0.553. The van der Waals surface area contributed by atoms with Gasteiger partial charge >= 0.3 is 0 Å². The molecule has 88 valence electrons. The van der Waals surface area contributed by atoms with Crippen LogP contribution >= 0.6 is 0 Å². The molecule has 1 amide bonds. The first kappa shape index (κ1) is 12.7. The van der Waals surface area contributed by atoms with Crippen LogP contribution < -0.4 is 5.32 Å². The summed E-state index contributed by atoms with van der Waals surface area (Å²) in [6.45, 7) is -0.485. The van der Waals surface area contributed by atoms with Gasteiger partial charge in [-0.25, -0.2) is 0 Å². The molecule has 0 aliphatic heterocycles. The number of aryl methyl sites for hydroxylation is 1. The van der Waals surface area contributed by atoms with Gasteiger partial charge in [-0.2, -0.15) is 0 Å². The van der Waals surface area contributed by atoms with E-state index in [0.717, 1.165) is 5.56 Å². The van der Waals surface area contributed by atoms with Crippen LogP contribution in [0.15, 0.2) is 30.3 Å². The fourth-order valence-electron chi connectivity index (χ4n) is 1.35. The Hall–Kier alpha value is -1.39. The van der Waals surface area contributed by atoms with Crippen LogP contribution in [0.25, 0.3) is 0 Å². The van der Waals surface area contributed by atoms with E-state index < -0.39 is 6.04 Å². The van der Waals surface area contributed by atoms with Gasteiger partial charge in [-0.3, -0.25) is 4.79 Å². The van der Waals surface area contributed by atoms with E-state index >= 15 is 0 Å². The largest absolute Gasteiger partial charge is 0.394 e. The molecule has 1 aromatic rings. The van der Waals surface area contributed by atoms with Gasteiger partial charge in [0.05, 0.1) is 19.3 Å². The van der Waals surface area contributed by atoms with Gasteiger partial charge in [-0.1, -0.05) is 30.3 Å². The number of amides is 1. The van der Waals surface area contributed by atoms with Gasteiger partial charge in [-0.15, -0.1) is 0 Å². The van der Waals surface area contributed by atoms with Gasteiger partial charge in [0.25, 0.3) is 0 Å². The minimum absolute atomic E-state index is 0.156. The molecular formula is C12H17NO3. The monoisotopic (exact) mass is 223 g/mol. The average molecular weight is 223 g/mol. The summed E-state index contributed by atoms with van der Waals surface area (Å²) in [5.41, 5.74) is 1.10. The van der Waals surface area contributed by atoms with E-state index in [-0.39, 0.29) is 19.1 Å². The molecule has 0 heterocycles. The summed E-state index contributed by atoms with van der Waals surface area (Å²) in [4.78, 5) is 11.4. The summed E-state index contributed by atoms with van der Waals surface area (Å²) in [7, 11) is 0. The maximum Gasteiger partial charge on any atom is 0.220 e. The molecule has 1 aromatic carbocycles. The fourth-order valence-corrected chi connectivity index (χ4v) is 1.35. The lowest BCUT2D eigenvalue weighted by molar-refractivity contribution is -0.122. The lowest BCUT2D eigenvalue weighted by Crippen LogP contribution is -2.40. The first-order chi connectivity index (χ1) is 7.76. The van der Waals surface area contributed by atoms with Crippen molar-refractivity contribution in [1.82, 2.24) is 5.32 Å². The van der Waals surface area contributed by atoms with Crippen molar-refractivity contribution < 1.29 is 15.0 Å². The maximum absolute atomic E-state index is 11.4. The van der Waals surface area contributed by atoms with Crippen LogP contribution in [0, 0.1) is 0 Å². The topological polar surface area (TPSA) is 69.6 Å². The lowest BCUT2D eigenvalue weighted by atomic mass is 10.1. The molecule has 3 N–H and O–H groups in total. The third-order valence-electron chi connectivity index (χ3n) is 2.29. The number of nitrogens with one attached hydrogen (secondary N) is 1. The Morgan fingerprint density at radius 3 is 2.38 bits per heavy atom. The number of carbonyl (C=O) groups is 1. The van der Waals surface area contributed by atoms with Crippen molar-refractivity contribution in [3.05, 3.63) is 35.9 Å². The molecule has 0 aromatic heterocycles. The second kappa shape index (κ2) is 6.98. The normalized spacial score (nSPS) is 10.4. The molecule has 0 saturated heterocycles. The molecule has 0 fully saturated rings. The van der Waals surface area contributed by atoms with Gasteiger partial charge < -0.3 is 15.5 Å². The molecule has 0 aliphatic rings. The number of rotatable bonds is 6. The van der Waals surface area contributed by atoms with E-state index in [1.807, 2.05) is 30.3 Å². The predicted molar refractivity (Wildman–Crippen MR) is 60.9 cm³/mol. The molecule has 16 heavy (non-hydrogen) atoms. The highest BCUT2D eigenvalue weighted by Gasteiger charge is 2.09. The predicted octanol–water partition coefficient (Wildman–Crippen LogP) is 0.0886. The number of carbonyl (C=O) groups excluding carboxylic acids is 1. The second-order valence-electron chi connectivity index (χ2n) is 3.62. The van der Waals surface area contributed by atoms with Crippen molar-refractivity contribution in [3.8, 4) is 0 Å². The summed E-state index contributed by atoms with van der Waals surface area (Å²) in [6.07, 6.45) is 1.02. The minimum Gasteiger partial charge on any atom is -0.394 e. The average Bonchev–Trinajstić information content (AvgIpc) is 2.34. The standard InChI is InChI=1S/C12H17NO3/c14-8-11(9-15)13-12(16)7-6-10-4-2-1-3-5-10/h1-5,11,14-15H,6-9H2,(H,13,16). The van der Waals surface area contributed by atoms with Crippen molar-refractivity contribution in [2.75, 3.05) is 13.2 Å². The van der Waals surface area contributed by atoms with Gasteiger partial charge in [-0.05, 0) is 12.0 Å². The third kappa shape index (κ3) is 4.42. The van der Waals surface area contributed by atoms with Crippen LogP contribution in [0.4, 0.5) is 0 Å². The molecular weight excluding hydrogens is 206 g/mol. The molecule has 0 spiro atoms. The quantitative estimate of drug-likeness (QED) is 0.640. The lowest BCUT2D eigenvalue weighted by Gasteiger charge is -2.12. The third-order valence-corrected chi connectivity index (χ3v) is 2.29. The van der Waals surface area contributed by atoms with Crippen molar-refractivity contribution in [2.45, 2.75) is 18.9 Å². The number of aliphatic hydroxyl groups excluding tert-OH is 2. The van der Waals surface area contributed by atoms with E-state index in [2.05, 4.69) is 5.32 Å². The molecule has 0 unspecified atom stereocenters. The summed E-state index contributed by atoms with van der Waals surface area (Å²) >= 11 is 0. The molecule has 0 saturated carbocycles. The van der Waals surface area contributed by atoms with E-state index in [1.54, 1.807) is 0 Å². The van der Waals surface area contributed by atoms with Crippen LogP contribution in [0.3, 0.4) is 0 Å². The number of benzene rings is 1. The SMILES string of the molecule is O=C(CCc1ccccc1)NC(CO)CO. The summed E-state index contributed by atoms with van der Waals surface area (Å²) in [5.74, 6) is -0.156. The maximum atomic E-state index is 11.4. The number of hydrogen-bond donors (Lipinski definition) is 3. The van der Waals surface area contributed by atoms with Crippen LogP contribution in [-0.4, -0.2) is 35.4 Å². The Morgan fingerprint density at radius 2 is 1.81 bits per heavy atom. The summed E-state index contributed by atoms with van der Waals surface area (Å²) < 4.78 is 0. The molecule has 0 aliphatic carbocycles. The van der Waals surface area contributed by atoms with Gasteiger partial charge in [0, 0.05) is 6.42 Å². The number of hydrogen-bond acceptors (Lipinski definition) is 3. The van der Waals surface area contributed by atoms with Crippen molar-refractivity contribution in [1.29, 1.82) is 0 Å². The molecule has 4 heteroatoms. The van der Waals surface area contributed by atoms with Crippen LogP contribution in [-0.2, 0) is 11.2 Å². The summed E-state index contributed by atoms with van der Waals surface area (Å²) in [6, 6.07) is 9.15. The molecule has 1 rings (SSSR count). The Morgan fingerprint density at radius 1 is 1.19 bits per heavy atom. The zero-order valence-corrected chi connectivity index (χ0v) is 9.10. The zero-order chi connectivity index (χ0) is 11.8. The summed E-state index contributed by atoms with van der Waals surface area (Å²) in [5, 5.41) is 20.1. The highest BCUT2D eigenvalue weighted by atomic mass is 16.3. The van der Waals surface area contributed by atoms with E-state index in [4.69, 9.17) is 10.2 Å². The Labute approximate surface area is 94.9 Å². The Bertz CT molecular complexity index is 309. The van der Waals surface area contributed by atoms with E-state index in [1.165, 1.54) is 0 Å². The van der Waals surface area contributed by atoms with Crippen molar-refractivity contribution in [2.24, 2.45) is 0 Å². The molecule has 4 nitrogen and oxygen atoms in total. The first-order valence-electron chi connectivity index (χ1n) is 5.31. The van der Waals surface area contributed by atoms with Crippen LogP contribution in [0.2, 0.25) is 0 Å². The number of aliphatic hydroxyl groups is 2. The Kier molecular flexibility index (Phi) is 5.53. The molecule has 0 bridgehead atoms. The smallest absolute Gasteiger partial charge is 0.220 e. The Balaban J connectivity index is 2.30. The second-order valence-corrected chi connectivity index (χ2v) is 3.62. The van der Waals surface area contributed by atoms with E-state index in [0.29, 0.717) is 12.8 Å². The van der Waals surface area contributed by atoms with Crippen LogP contribution in [0.5, 0.6) is 0 Å².